The monoisotopic (exact) mass is 354 g/mol. The van der Waals surface area contributed by atoms with E-state index in [0.717, 1.165) is 12.1 Å². The van der Waals surface area contributed by atoms with Gasteiger partial charge in [-0.1, -0.05) is 0 Å². The standard InChI is InChI=1S/C17H21F3N4O/c1-9-6-11(17(18,19)20)8-13(25)15(9)16-12(7-10(2)21)23-14(22)4-5-24(16)3/h4,6-8,16,25H,5,21-22H2,1-3H3/b10-7-. The van der Waals surface area contributed by atoms with E-state index in [1.807, 2.05) is 4.90 Å². The maximum absolute atomic E-state index is 13.0. The summed E-state index contributed by atoms with van der Waals surface area (Å²) in [5.74, 6) is -0.161. The molecule has 0 radical (unpaired) electrons. The summed E-state index contributed by atoms with van der Waals surface area (Å²) >= 11 is 0. The Kier molecular flexibility index (Phi) is 5.12. The van der Waals surface area contributed by atoms with Crippen LogP contribution in [0.5, 0.6) is 5.75 Å². The number of alkyl halides is 3. The fourth-order valence-electron chi connectivity index (χ4n) is 2.84. The molecule has 0 aliphatic carbocycles. The van der Waals surface area contributed by atoms with Gasteiger partial charge in [0.2, 0.25) is 0 Å². The fraction of sp³-hybridized carbons (Fsp3) is 0.353. The van der Waals surface area contributed by atoms with E-state index < -0.39 is 23.5 Å². The first kappa shape index (κ1) is 18.9. The Morgan fingerprint density at radius 1 is 1.40 bits per heavy atom. The Morgan fingerprint density at radius 3 is 2.56 bits per heavy atom. The molecule has 0 saturated carbocycles. The molecule has 2 rings (SSSR count). The molecule has 5 N–H and O–H groups in total. The minimum absolute atomic E-state index is 0.283. The number of allylic oxidation sites excluding steroid dienone is 1. The van der Waals surface area contributed by atoms with Gasteiger partial charge in [-0.15, -0.1) is 0 Å². The van der Waals surface area contributed by atoms with E-state index in [0.29, 0.717) is 29.1 Å². The zero-order valence-corrected chi connectivity index (χ0v) is 14.2. The number of nitrogens with zero attached hydrogens (tertiary/aromatic N) is 2. The van der Waals surface area contributed by atoms with Crippen LogP contribution in [0.2, 0.25) is 0 Å². The first-order valence-electron chi connectivity index (χ1n) is 7.59. The first-order valence-corrected chi connectivity index (χ1v) is 7.59. The van der Waals surface area contributed by atoms with Gasteiger partial charge in [-0.25, -0.2) is 4.99 Å². The molecule has 0 fully saturated rings. The van der Waals surface area contributed by atoms with Gasteiger partial charge in [0.25, 0.3) is 0 Å². The number of aliphatic imine (C=N–C) groups is 1. The molecule has 0 amide bonds. The van der Waals surface area contributed by atoms with Crippen molar-refractivity contribution in [2.24, 2.45) is 16.5 Å². The van der Waals surface area contributed by atoms with Crippen molar-refractivity contribution >= 4 is 5.71 Å². The minimum Gasteiger partial charge on any atom is -0.508 e. The Bertz CT molecular complexity index is 739. The highest BCUT2D eigenvalue weighted by molar-refractivity contribution is 6.01. The van der Waals surface area contributed by atoms with Crippen LogP contribution in [-0.2, 0) is 6.18 Å². The lowest BCUT2D eigenvalue weighted by Gasteiger charge is -2.29. The molecule has 1 aliphatic rings. The fourth-order valence-corrected chi connectivity index (χ4v) is 2.84. The highest BCUT2D eigenvalue weighted by Crippen LogP contribution is 2.39. The number of hydrogen-bond acceptors (Lipinski definition) is 5. The lowest BCUT2D eigenvalue weighted by Crippen LogP contribution is -2.30. The van der Waals surface area contributed by atoms with E-state index in [2.05, 4.69) is 4.99 Å². The highest BCUT2D eigenvalue weighted by Gasteiger charge is 2.34. The lowest BCUT2D eigenvalue weighted by molar-refractivity contribution is -0.137. The molecule has 0 saturated heterocycles. The number of phenols is 1. The quantitative estimate of drug-likeness (QED) is 0.762. The van der Waals surface area contributed by atoms with Crippen LogP contribution >= 0.6 is 0 Å². The number of aryl methyl sites for hydroxylation is 1. The van der Waals surface area contributed by atoms with E-state index >= 15 is 0 Å². The Hall–Kier alpha value is -2.48. The number of phenolic OH excluding ortho intramolecular Hbond substituents is 1. The van der Waals surface area contributed by atoms with Crippen LogP contribution in [0.3, 0.4) is 0 Å². The first-order chi connectivity index (χ1) is 11.5. The number of likely N-dealkylation sites (N-methyl/N-ethyl adjacent to an activating group) is 1. The maximum Gasteiger partial charge on any atom is 0.416 e. The average molecular weight is 354 g/mol. The summed E-state index contributed by atoms with van der Waals surface area (Å²) in [6.07, 6.45) is -1.24. The number of hydrogen-bond donors (Lipinski definition) is 3. The molecule has 1 aromatic carbocycles. The molecule has 1 aromatic rings. The van der Waals surface area contributed by atoms with Crippen molar-refractivity contribution in [3.63, 3.8) is 0 Å². The summed E-state index contributed by atoms with van der Waals surface area (Å²) < 4.78 is 38.9. The van der Waals surface area contributed by atoms with Crippen LogP contribution < -0.4 is 11.5 Å². The Labute approximate surface area is 144 Å². The van der Waals surface area contributed by atoms with Crippen LogP contribution in [0.4, 0.5) is 13.2 Å². The van der Waals surface area contributed by atoms with E-state index in [1.54, 1.807) is 26.1 Å². The van der Waals surface area contributed by atoms with Crippen LogP contribution in [0.25, 0.3) is 0 Å². The number of aromatic hydroxyl groups is 1. The molecule has 25 heavy (non-hydrogen) atoms. The molecule has 0 bridgehead atoms. The van der Waals surface area contributed by atoms with Crippen molar-refractivity contribution in [2.75, 3.05) is 13.6 Å². The van der Waals surface area contributed by atoms with Crippen molar-refractivity contribution in [3.8, 4) is 5.75 Å². The molecule has 1 unspecified atom stereocenters. The minimum atomic E-state index is -4.53. The third-order valence-electron chi connectivity index (χ3n) is 3.91. The summed E-state index contributed by atoms with van der Waals surface area (Å²) in [7, 11) is 1.77. The van der Waals surface area contributed by atoms with E-state index in [4.69, 9.17) is 11.5 Å². The van der Waals surface area contributed by atoms with Crippen molar-refractivity contribution < 1.29 is 18.3 Å². The molecule has 136 valence electrons. The Morgan fingerprint density at radius 2 is 2.04 bits per heavy atom. The van der Waals surface area contributed by atoms with Crippen molar-refractivity contribution in [2.45, 2.75) is 26.1 Å². The van der Waals surface area contributed by atoms with E-state index in [-0.39, 0.29) is 5.82 Å². The van der Waals surface area contributed by atoms with Gasteiger partial charge in [0.1, 0.15) is 11.6 Å². The van der Waals surface area contributed by atoms with Crippen LogP contribution in [0.1, 0.15) is 29.7 Å². The largest absolute Gasteiger partial charge is 0.508 e. The zero-order valence-electron chi connectivity index (χ0n) is 14.2. The summed E-state index contributed by atoms with van der Waals surface area (Å²) in [5.41, 5.74) is 12.2. The third-order valence-corrected chi connectivity index (χ3v) is 3.91. The smallest absolute Gasteiger partial charge is 0.416 e. The highest BCUT2D eigenvalue weighted by atomic mass is 19.4. The summed E-state index contributed by atoms with van der Waals surface area (Å²) in [6.45, 7) is 3.61. The van der Waals surface area contributed by atoms with Gasteiger partial charge in [0.05, 0.1) is 17.3 Å². The van der Waals surface area contributed by atoms with Gasteiger partial charge in [0.15, 0.2) is 0 Å². The predicted octanol–water partition coefficient (Wildman–Crippen LogP) is 2.81. The number of rotatable bonds is 2. The van der Waals surface area contributed by atoms with Gasteiger partial charge in [-0.2, -0.15) is 13.2 Å². The number of benzene rings is 1. The van der Waals surface area contributed by atoms with Crippen LogP contribution in [0, 0.1) is 6.92 Å². The van der Waals surface area contributed by atoms with E-state index in [1.165, 1.54) is 6.92 Å². The molecule has 1 atom stereocenters. The van der Waals surface area contributed by atoms with Crippen molar-refractivity contribution in [1.29, 1.82) is 0 Å². The second-order valence-corrected chi connectivity index (χ2v) is 6.12. The molecule has 5 nitrogen and oxygen atoms in total. The topological polar surface area (TPSA) is 87.9 Å². The number of halogens is 3. The van der Waals surface area contributed by atoms with Gasteiger partial charge < -0.3 is 16.6 Å². The molecule has 0 spiro atoms. The van der Waals surface area contributed by atoms with E-state index in [9.17, 15) is 18.3 Å². The molecular weight excluding hydrogens is 333 g/mol. The SMILES string of the molecule is C/C(N)=C/C1=NC(N)=CCN(C)C1c1c(C)cc(C(F)(F)F)cc1O. The summed E-state index contributed by atoms with van der Waals surface area (Å²) in [4.78, 5) is 6.13. The predicted molar refractivity (Wildman–Crippen MR) is 90.9 cm³/mol. The van der Waals surface area contributed by atoms with Crippen molar-refractivity contribution in [1.82, 2.24) is 4.90 Å². The maximum atomic E-state index is 13.0. The second-order valence-electron chi connectivity index (χ2n) is 6.12. The van der Waals surface area contributed by atoms with Crippen molar-refractivity contribution in [3.05, 3.63) is 52.5 Å². The molecule has 8 heteroatoms. The van der Waals surface area contributed by atoms with Crippen LogP contribution in [0.15, 0.2) is 40.8 Å². The zero-order chi connectivity index (χ0) is 18.9. The second kappa shape index (κ2) is 6.79. The van der Waals surface area contributed by atoms with Gasteiger partial charge in [-0.05, 0) is 50.7 Å². The normalized spacial score (nSPS) is 20.1. The average Bonchev–Trinajstić information content (AvgIpc) is 2.58. The number of nitrogens with two attached hydrogens (primary N) is 2. The lowest BCUT2D eigenvalue weighted by atomic mass is 9.92. The van der Waals surface area contributed by atoms with Crippen LogP contribution in [-0.4, -0.2) is 29.3 Å². The summed E-state index contributed by atoms with van der Waals surface area (Å²) in [5, 5.41) is 10.3. The molecule has 0 aromatic heterocycles. The Balaban J connectivity index is 2.65. The third kappa shape index (κ3) is 4.14. The van der Waals surface area contributed by atoms with Gasteiger partial charge in [0, 0.05) is 17.8 Å². The molecule has 1 aliphatic heterocycles. The molecule has 1 heterocycles. The van der Waals surface area contributed by atoms with Gasteiger partial charge >= 0.3 is 6.18 Å². The van der Waals surface area contributed by atoms with Gasteiger partial charge in [-0.3, -0.25) is 4.90 Å². The summed E-state index contributed by atoms with van der Waals surface area (Å²) in [6, 6.07) is 1.16. The molecular formula is C17H21F3N4O.